The molecule has 7 heteroatoms. The SMILES string of the molecule is CC(=O)N/C(=C\c1ccccc1)C(=O)OCC(=O)c1ccc(NC(=O)C(C)(C)C)cc1. The third-order valence-corrected chi connectivity index (χ3v) is 4.12. The number of nitrogens with one attached hydrogen (secondary N) is 2. The fraction of sp³-hybridized carbons (Fsp3) is 0.250. The number of ether oxygens (including phenoxy) is 1. The summed E-state index contributed by atoms with van der Waals surface area (Å²) >= 11 is 0. The van der Waals surface area contributed by atoms with Crippen molar-refractivity contribution < 1.29 is 23.9 Å². The standard InChI is InChI=1S/C24H26N2O5/c1-16(27)25-20(14-17-8-6-5-7-9-17)22(29)31-15-21(28)18-10-12-19(13-11-18)26-23(30)24(2,3)4/h5-14H,15H2,1-4H3,(H,25,27)(H,26,30)/b20-14-. The number of ketones is 1. The van der Waals surface area contributed by atoms with Gasteiger partial charge in [0.15, 0.2) is 12.4 Å². The van der Waals surface area contributed by atoms with Crippen molar-refractivity contribution in [1.29, 1.82) is 0 Å². The summed E-state index contributed by atoms with van der Waals surface area (Å²) in [6.45, 7) is 6.19. The first kappa shape index (κ1) is 23.5. The van der Waals surface area contributed by atoms with E-state index in [1.54, 1.807) is 69.3 Å². The van der Waals surface area contributed by atoms with Crippen LogP contribution in [0, 0.1) is 5.41 Å². The molecule has 0 spiro atoms. The average molecular weight is 422 g/mol. The molecule has 0 bridgehead atoms. The average Bonchev–Trinajstić information content (AvgIpc) is 2.71. The van der Waals surface area contributed by atoms with Crippen LogP contribution in [-0.4, -0.2) is 30.2 Å². The third-order valence-electron chi connectivity index (χ3n) is 4.12. The maximum Gasteiger partial charge on any atom is 0.355 e. The van der Waals surface area contributed by atoms with Gasteiger partial charge in [-0.1, -0.05) is 51.1 Å². The molecule has 0 aliphatic carbocycles. The summed E-state index contributed by atoms with van der Waals surface area (Å²) in [6, 6.07) is 15.2. The number of Topliss-reactive ketones (excluding diaryl/α,β-unsaturated/α-hetero) is 1. The number of carbonyl (C=O) groups is 4. The molecule has 2 amide bonds. The molecule has 2 aromatic rings. The largest absolute Gasteiger partial charge is 0.453 e. The van der Waals surface area contributed by atoms with E-state index in [-0.39, 0.29) is 11.6 Å². The van der Waals surface area contributed by atoms with Crippen molar-refractivity contribution in [2.75, 3.05) is 11.9 Å². The fourth-order valence-electron chi connectivity index (χ4n) is 2.40. The maximum absolute atomic E-state index is 12.4. The van der Waals surface area contributed by atoms with Crippen LogP contribution in [0.15, 0.2) is 60.3 Å². The number of esters is 1. The second-order valence-corrected chi connectivity index (χ2v) is 7.93. The van der Waals surface area contributed by atoms with Crippen LogP contribution in [0.5, 0.6) is 0 Å². The van der Waals surface area contributed by atoms with Gasteiger partial charge in [-0.15, -0.1) is 0 Å². The Morgan fingerprint density at radius 3 is 2.10 bits per heavy atom. The number of rotatable bonds is 7. The van der Waals surface area contributed by atoms with Crippen LogP contribution in [0.2, 0.25) is 0 Å². The summed E-state index contributed by atoms with van der Waals surface area (Å²) < 4.78 is 5.09. The summed E-state index contributed by atoms with van der Waals surface area (Å²) in [7, 11) is 0. The van der Waals surface area contributed by atoms with Gasteiger partial charge in [0.1, 0.15) is 5.70 Å². The summed E-state index contributed by atoms with van der Waals surface area (Å²) in [6.07, 6.45) is 1.47. The topological polar surface area (TPSA) is 102 Å². The van der Waals surface area contributed by atoms with Gasteiger partial charge in [-0.05, 0) is 35.9 Å². The summed E-state index contributed by atoms with van der Waals surface area (Å²) in [5, 5.41) is 5.20. The molecule has 7 nitrogen and oxygen atoms in total. The highest BCUT2D eigenvalue weighted by Gasteiger charge is 2.21. The minimum atomic E-state index is -0.818. The molecule has 0 saturated carbocycles. The number of hydrogen-bond donors (Lipinski definition) is 2. The van der Waals surface area contributed by atoms with Gasteiger partial charge in [0, 0.05) is 23.6 Å². The lowest BCUT2D eigenvalue weighted by Gasteiger charge is -2.17. The molecule has 0 saturated heterocycles. The second kappa shape index (κ2) is 10.3. The van der Waals surface area contributed by atoms with Crippen molar-refractivity contribution in [3.63, 3.8) is 0 Å². The zero-order valence-corrected chi connectivity index (χ0v) is 18.0. The van der Waals surface area contributed by atoms with E-state index >= 15 is 0 Å². The van der Waals surface area contributed by atoms with Crippen molar-refractivity contribution in [3.8, 4) is 0 Å². The third kappa shape index (κ3) is 7.54. The van der Waals surface area contributed by atoms with Gasteiger partial charge in [0.2, 0.25) is 11.8 Å². The molecule has 0 aliphatic heterocycles. The second-order valence-electron chi connectivity index (χ2n) is 7.93. The van der Waals surface area contributed by atoms with Gasteiger partial charge < -0.3 is 15.4 Å². The highest BCUT2D eigenvalue weighted by atomic mass is 16.5. The van der Waals surface area contributed by atoms with E-state index in [4.69, 9.17) is 4.74 Å². The van der Waals surface area contributed by atoms with Gasteiger partial charge in [0.25, 0.3) is 0 Å². The summed E-state index contributed by atoms with van der Waals surface area (Å²) in [4.78, 5) is 48.2. The molecule has 0 heterocycles. The van der Waals surface area contributed by atoms with E-state index in [0.29, 0.717) is 16.8 Å². The van der Waals surface area contributed by atoms with Crippen LogP contribution in [0.1, 0.15) is 43.6 Å². The molecular weight excluding hydrogens is 396 g/mol. The first-order valence-corrected chi connectivity index (χ1v) is 9.72. The molecule has 2 aromatic carbocycles. The van der Waals surface area contributed by atoms with Crippen molar-refractivity contribution >= 4 is 35.3 Å². The predicted octanol–water partition coefficient (Wildman–Crippen LogP) is 3.57. The van der Waals surface area contributed by atoms with E-state index in [9.17, 15) is 19.2 Å². The molecule has 0 atom stereocenters. The first-order valence-electron chi connectivity index (χ1n) is 9.72. The zero-order valence-electron chi connectivity index (χ0n) is 18.0. The molecule has 0 aromatic heterocycles. The van der Waals surface area contributed by atoms with Gasteiger partial charge >= 0.3 is 5.97 Å². The van der Waals surface area contributed by atoms with Crippen molar-refractivity contribution in [1.82, 2.24) is 5.32 Å². The Morgan fingerprint density at radius 2 is 1.55 bits per heavy atom. The number of carbonyl (C=O) groups excluding carboxylic acids is 4. The van der Waals surface area contributed by atoms with Crippen molar-refractivity contribution in [2.24, 2.45) is 5.41 Å². The molecule has 0 radical (unpaired) electrons. The highest BCUT2D eigenvalue weighted by molar-refractivity contribution is 6.02. The Bertz CT molecular complexity index is 987. The molecule has 31 heavy (non-hydrogen) atoms. The van der Waals surface area contributed by atoms with Crippen LogP contribution in [-0.2, 0) is 19.1 Å². The number of amides is 2. The molecular formula is C24H26N2O5. The van der Waals surface area contributed by atoms with Crippen LogP contribution in [0.4, 0.5) is 5.69 Å². The Labute approximate surface area is 181 Å². The molecule has 2 N–H and O–H groups in total. The smallest absolute Gasteiger partial charge is 0.355 e. The first-order chi connectivity index (χ1) is 14.6. The molecule has 2 rings (SSSR count). The van der Waals surface area contributed by atoms with Crippen LogP contribution >= 0.6 is 0 Å². The van der Waals surface area contributed by atoms with E-state index < -0.39 is 29.7 Å². The maximum atomic E-state index is 12.4. The highest BCUT2D eigenvalue weighted by Crippen LogP contribution is 2.18. The van der Waals surface area contributed by atoms with Gasteiger partial charge in [0.05, 0.1) is 0 Å². The van der Waals surface area contributed by atoms with Crippen LogP contribution < -0.4 is 10.6 Å². The lowest BCUT2D eigenvalue weighted by molar-refractivity contribution is -0.139. The molecule has 0 aliphatic rings. The van der Waals surface area contributed by atoms with Crippen molar-refractivity contribution in [2.45, 2.75) is 27.7 Å². The van der Waals surface area contributed by atoms with Gasteiger partial charge in [-0.2, -0.15) is 0 Å². The van der Waals surface area contributed by atoms with E-state index in [1.165, 1.54) is 13.0 Å². The Hall–Kier alpha value is -3.74. The summed E-state index contributed by atoms with van der Waals surface area (Å²) in [5.41, 5.74) is 0.984. The Morgan fingerprint density at radius 1 is 0.935 bits per heavy atom. The lowest BCUT2D eigenvalue weighted by atomic mass is 9.95. The van der Waals surface area contributed by atoms with E-state index in [0.717, 1.165) is 0 Å². The van der Waals surface area contributed by atoms with Gasteiger partial charge in [-0.3, -0.25) is 14.4 Å². The van der Waals surface area contributed by atoms with E-state index in [2.05, 4.69) is 10.6 Å². The summed E-state index contributed by atoms with van der Waals surface area (Å²) in [5.74, 6) is -1.81. The lowest BCUT2D eigenvalue weighted by Crippen LogP contribution is -2.28. The Kier molecular flexibility index (Phi) is 7.85. The van der Waals surface area contributed by atoms with Gasteiger partial charge in [-0.25, -0.2) is 4.79 Å². The molecule has 0 unspecified atom stereocenters. The van der Waals surface area contributed by atoms with Crippen molar-refractivity contribution in [3.05, 3.63) is 71.4 Å². The minimum Gasteiger partial charge on any atom is -0.453 e. The zero-order chi connectivity index (χ0) is 23.0. The number of hydrogen-bond acceptors (Lipinski definition) is 5. The minimum absolute atomic E-state index is 0.0632. The number of benzene rings is 2. The molecule has 0 fully saturated rings. The Balaban J connectivity index is 2.01. The number of anilines is 1. The predicted molar refractivity (Wildman–Crippen MR) is 118 cm³/mol. The molecule has 162 valence electrons. The monoisotopic (exact) mass is 422 g/mol. The van der Waals surface area contributed by atoms with Crippen LogP contribution in [0.3, 0.4) is 0 Å². The normalized spacial score (nSPS) is 11.4. The van der Waals surface area contributed by atoms with E-state index in [1.807, 2.05) is 6.07 Å². The fourth-order valence-corrected chi connectivity index (χ4v) is 2.40. The quantitative estimate of drug-likeness (QED) is 0.403. The van der Waals surface area contributed by atoms with Crippen LogP contribution in [0.25, 0.3) is 6.08 Å².